The van der Waals surface area contributed by atoms with Crippen molar-refractivity contribution >= 4 is 15.9 Å². The van der Waals surface area contributed by atoms with Crippen LogP contribution in [0.3, 0.4) is 0 Å². The molecule has 0 radical (unpaired) electrons. The van der Waals surface area contributed by atoms with Crippen molar-refractivity contribution in [2.45, 2.75) is 18.3 Å². The van der Waals surface area contributed by atoms with Gasteiger partial charge in [0.15, 0.2) is 0 Å². The Bertz CT molecular complexity index is 547. The monoisotopic (exact) mass is 338 g/mol. The predicted octanol–water partition coefficient (Wildman–Crippen LogP) is 2.04. The van der Waals surface area contributed by atoms with Crippen LogP contribution in [0.2, 0.25) is 0 Å². The number of hydrogen-bond acceptors (Lipinski definition) is 3. The summed E-state index contributed by atoms with van der Waals surface area (Å²) >= 11 is 3.40. The van der Waals surface area contributed by atoms with E-state index in [0.29, 0.717) is 6.42 Å². The van der Waals surface area contributed by atoms with E-state index in [-0.39, 0.29) is 13.2 Å². The average Bonchev–Trinajstić information content (AvgIpc) is 2.88. The summed E-state index contributed by atoms with van der Waals surface area (Å²) in [6.07, 6.45) is 5.22. The van der Waals surface area contributed by atoms with Gasteiger partial charge in [-0.15, -0.1) is 0 Å². The first kappa shape index (κ1) is 15.2. The molecule has 2 N–H and O–H groups in total. The molecule has 108 valence electrons. The zero-order valence-electron chi connectivity index (χ0n) is 11.5. The minimum absolute atomic E-state index is 0.0780. The van der Waals surface area contributed by atoms with E-state index in [0.717, 1.165) is 22.0 Å². The third-order valence-corrected chi connectivity index (χ3v) is 4.24. The van der Waals surface area contributed by atoms with Gasteiger partial charge in [0.25, 0.3) is 0 Å². The number of nitrogens with zero attached hydrogens (tertiary/aromatic N) is 2. The van der Waals surface area contributed by atoms with Crippen molar-refractivity contribution < 1.29 is 10.2 Å². The van der Waals surface area contributed by atoms with Gasteiger partial charge in [0.2, 0.25) is 0 Å². The summed E-state index contributed by atoms with van der Waals surface area (Å²) in [5.41, 5.74) is 1.45. The van der Waals surface area contributed by atoms with Crippen LogP contribution < -0.4 is 0 Å². The van der Waals surface area contributed by atoms with E-state index in [9.17, 15) is 10.2 Å². The van der Waals surface area contributed by atoms with E-state index in [1.54, 1.807) is 4.68 Å². The molecule has 0 fully saturated rings. The Balaban J connectivity index is 2.18. The standard InChI is InChI=1S/C15H19BrN2O2/c1-18-9-12(8-17-18)6-7-15(10-19,11-20)13-2-4-14(16)5-3-13/h2-5,8-9,19-20H,6-7,10-11H2,1H3. The second-order valence-electron chi connectivity index (χ2n) is 5.13. The fourth-order valence-corrected chi connectivity index (χ4v) is 2.59. The number of halogens is 1. The third-order valence-electron chi connectivity index (χ3n) is 3.71. The summed E-state index contributed by atoms with van der Waals surface area (Å²) in [5, 5.41) is 23.7. The smallest absolute Gasteiger partial charge is 0.0550 e. The Morgan fingerprint density at radius 1 is 1.20 bits per heavy atom. The number of aryl methyl sites for hydroxylation is 2. The van der Waals surface area contributed by atoms with Gasteiger partial charge in [0, 0.05) is 23.1 Å². The quantitative estimate of drug-likeness (QED) is 0.847. The molecule has 0 aliphatic heterocycles. The minimum Gasteiger partial charge on any atom is -0.395 e. The topological polar surface area (TPSA) is 58.3 Å². The molecule has 0 bridgehead atoms. The Morgan fingerprint density at radius 3 is 2.35 bits per heavy atom. The summed E-state index contributed by atoms with van der Waals surface area (Å²) in [6, 6.07) is 7.75. The van der Waals surface area contributed by atoms with Crippen LogP contribution in [0.5, 0.6) is 0 Å². The third kappa shape index (κ3) is 3.29. The fourth-order valence-electron chi connectivity index (χ4n) is 2.32. The maximum absolute atomic E-state index is 9.79. The van der Waals surface area contributed by atoms with Crippen molar-refractivity contribution in [1.29, 1.82) is 0 Å². The molecule has 5 heteroatoms. The van der Waals surface area contributed by atoms with Gasteiger partial charge in [-0.1, -0.05) is 28.1 Å². The second-order valence-corrected chi connectivity index (χ2v) is 6.04. The highest BCUT2D eigenvalue weighted by Crippen LogP contribution is 2.30. The highest BCUT2D eigenvalue weighted by Gasteiger charge is 2.30. The summed E-state index contributed by atoms with van der Waals surface area (Å²) in [6.45, 7) is -0.156. The van der Waals surface area contributed by atoms with Crippen molar-refractivity contribution in [3.8, 4) is 0 Å². The number of aromatic nitrogens is 2. The zero-order valence-corrected chi connectivity index (χ0v) is 13.0. The first-order valence-corrected chi connectivity index (χ1v) is 7.34. The van der Waals surface area contributed by atoms with Gasteiger partial charge in [-0.2, -0.15) is 5.10 Å². The predicted molar refractivity (Wildman–Crippen MR) is 81.5 cm³/mol. The van der Waals surface area contributed by atoms with Gasteiger partial charge in [-0.25, -0.2) is 0 Å². The van der Waals surface area contributed by atoms with Crippen LogP contribution in [0.4, 0.5) is 0 Å². The van der Waals surface area contributed by atoms with Crippen molar-refractivity contribution in [3.05, 3.63) is 52.3 Å². The molecular weight excluding hydrogens is 320 g/mol. The lowest BCUT2D eigenvalue weighted by Gasteiger charge is -2.30. The van der Waals surface area contributed by atoms with Crippen LogP contribution >= 0.6 is 15.9 Å². The van der Waals surface area contributed by atoms with Gasteiger partial charge in [-0.3, -0.25) is 4.68 Å². The van der Waals surface area contributed by atoms with Gasteiger partial charge in [-0.05, 0) is 36.1 Å². The number of benzene rings is 1. The van der Waals surface area contributed by atoms with Crippen LogP contribution in [0.1, 0.15) is 17.5 Å². The van der Waals surface area contributed by atoms with Crippen LogP contribution in [0, 0.1) is 0 Å². The van der Waals surface area contributed by atoms with Crippen LogP contribution in [0.25, 0.3) is 0 Å². The van der Waals surface area contributed by atoms with Crippen molar-refractivity contribution in [2.24, 2.45) is 7.05 Å². The average molecular weight is 339 g/mol. The highest BCUT2D eigenvalue weighted by molar-refractivity contribution is 9.10. The van der Waals surface area contributed by atoms with Crippen LogP contribution in [-0.4, -0.2) is 33.2 Å². The first-order valence-electron chi connectivity index (χ1n) is 6.55. The number of aliphatic hydroxyl groups excluding tert-OH is 2. The van der Waals surface area contributed by atoms with E-state index in [1.807, 2.05) is 43.7 Å². The molecule has 4 nitrogen and oxygen atoms in total. The highest BCUT2D eigenvalue weighted by atomic mass is 79.9. The van der Waals surface area contributed by atoms with E-state index in [1.165, 1.54) is 0 Å². The van der Waals surface area contributed by atoms with E-state index in [2.05, 4.69) is 21.0 Å². The van der Waals surface area contributed by atoms with Gasteiger partial charge >= 0.3 is 0 Å². The van der Waals surface area contributed by atoms with Crippen molar-refractivity contribution in [3.63, 3.8) is 0 Å². The van der Waals surface area contributed by atoms with E-state index in [4.69, 9.17) is 0 Å². The van der Waals surface area contributed by atoms with E-state index < -0.39 is 5.41 Å². The molecule has 0 spiro atoms. The Labute approximate surface area is 127 Å². The Hall–Kier alpha value is -1.17. The zero-order chi connectivity index (χ0) is 14.6. The number of hydrogen-bond donors (Lipinski definition) is 2. The molecule has 0 saturated carbocycles. The molecule has 1 heterocycles. The minimum atomic E-state index is -0.615. The Kier molecular flexibility index (Phi) is 4.96. The lowest BCUT2D eigenvalue weighted by molar-refractivity contribution is 0.109. The van der Waals surface area contributed by atoms with Crippen molar-refractivity contribution in [2.75, 3.05) is 13.2 Å². The lowest BCUT2D eigenvalue weighted by Crippen LogP contribution is -2.35. The van der Waals surface area contributed by atoms with Gasteiger partial charge in [0.05, 0.1) is 19.4 Å². The normalized spacial score (nSPS) is 11.8. The fraction of sp³-hybridized carbons (Fsp3) is 0.400. The summed E-state index contributed by atoms with van der Waals surface area (Å²) in [7, 11) is 1.88. The molecule has 0 aliphatic rings. The molecule has 1 aromatic heterocycles. The molecule has 0 unspecified atom stereocenters. The van der Waals surface area contributed by atoms with Crippen molar-refractivity contribution in [1.82, 2.24) is 9.78 Å². The Morgan fingerprint density at radius 2 is 1.85 bits per heavy atom. The molecular formula is C15H19BrN2O2. The van der Waals surface area contributed by atoms with Crippen LogP contribution in [0.15, 0.2) is 41.1 Å². The van der Waals surface area contributed by atoms with E-state index >= 15 is 0 Å². The second kappa shape index (κ2) is 6.52. The number of aliphatic hydroxyl groups is 2. The van der Waals surface area contributed by atoms with Crippen LogP contribution in [-0.2, 0) is 18.9 Å². The largest absolute Gasteiger partial charge is 0.395 e. The molecule has 20 heavy (non-hydrogen) atoms. The molecule has 0 atom stereocenters. The maximum Gasteiger partial charge on any atom is 0.0550 e. The molecule has 1 aromatic carbocycles. The molecule has 0 aliphatic carbocycles. The number of rotatable bonds is 6. The summed E-state index contributed by atoms with van der Waals surface area (Å²) in [4.78, 5) is 0. The lowest BCUT2D eigenvalue weighted by atomic mass is 9.77. The SMILES string of the molecule is Cn1cc(CCC(CO)(CO)c2ccc(Br)cc2)cn1. The molecule has 2 aromatic rings. The van der Waals surface area contributed by atoms with Gasteiger partial charge < -0.3 is 10.2 Å². The maximum atomic E-state index is 9.79. The molecule has 0 saturated heterocycles. The molecule has 2 rings (SSSR count). The summed E-state index contributed by atoms with van der Waals surface area (Å²) < 4.78 is 2.74. The molecule has 0 amide bonds. The summed E-state index contributed by atoms with van der Waals surface area (Å²) in [5.74, 6) is 0. The van der Waals surface area contributed by atoms with Gasteiger partial charge in [0.1, 0.15) is 0 Å². The first-order chi connectivity index (χ1) is 9.59.